The Kier molecular flexibility index (Phi) is 4.18. The van der Waals surface area contributed by atoms with Gasteiger partial charge in [0, 0.05) is 32.7 Å². The van der Waals surface area contributed by atoms with E-state index in [2.05, 4.69) is 28.9 Å². The molecule has 3 heteroatoms. The minimum absolute atomic E-state index is 0.892. The van der Waals surface area contributed by atoms with Crippen LogP contribution in [0.15, 0.2) is 30.8 Å². The summed E-state index contributed by atoms with van der Waals surface area (Å²) < 4.78 is 5.15. The molecule has 0 radical (unpaired) electrons. The van der Waals surface area contributed by atoms with Crippen molar-refractivity contribution < 1.29 is 4.74 Å². The predicted octanol–water partition coefficient (Wildman–Crippen LogP) is 1.61. The van der Waals surface area contributed by atoms with E-state index in [-0.39, 0.29) is 0 Å². The Morgan fingerprint density at radius 1 is 1.29 bits per heavy atom. The van der Waals surface area contributed by atoms with Crippen LogP contribution in [0.3, 0.4) is 0 Å². The van der Waals surface area contributed by atoms with Crippen LogP contribution in [0, 0.1) is 0 Å². The number of nitrogens with zero attached hydrogens (tertiary/aromatic N) is 1. The van der Waals surface area contributed by atoms with Gasteiger partial charge in [-0.2, -0.15) is 0 Å². The molecule has 17 heavy (non-hydrogen) atoms. The van der Waals surface area contributed by atoms with Gasteiger partial charge in [-0.25, -0.2) is 0 Å². The average Bonchev–Trinajstić information content (AvgIpc) is 2.40. The van der Waals surface area contributed by atoms with Gasteiger partial charge >= 0.3 is 0 Å². The monoisotopic (exact) mass is 232 g/mol. The Hall–Kier alpha value is -1.32. The fourth-order valence-corrected chi connectivity index (χ4v) is 2.06. The summed E-state index contributed by atoms with van der Waals surface area (Å²) in [7, 11) is 1.69. The van der Waals surface area contributed by atoms with Crippen molar-refractivity contribution in [2.75, 3.05) is 39.8 Å². The number of benzene rings is 1. The van der Waals surface area contributed by atoms with Gasteiger partial charge in [0.2, 0.25) is 0 Å². The van der Waals surface area contributed by atoms with Gasteiger partial charge in [0.25, 0.3) is 0 Å². The number of methoxy groups -OCH3 is 1. The standard InChI is InChI=1S/C14H20N2O/c1-12(11-16-9-7-15-8-10-16)13-3-5-14(17-2)6-4-13/h3-6,15H,1,7-11H2,2H3. The molecule has 0 aliphatic carbocycles. The van der Waals surface area contributed by atoms with Crippen molar-refractivity contribution in [2.45, 2.75) is 0 Å². The van der Waals surface area contributed by atoms with Crippen molar-refractivity contribution in [3.8, 4) is 5.75 Å². The first-order chi connectivity index (χ1) is 8.29. The van der Waals surface area contributed by atoms with E-state index >= 15 is 0 Å². The van der Waals surface area contributed by atoms with Gasteiger partial charge in [-0.3, -0.25) is 4.90 Å². The Morgan fingerprint density at radius 3 is 2.53 bits per heavy atom. The molecular formula is C14H20N2O. The molecule has 0 bridgehead atoms. The van der Waals surface area contributed by atoms with Crippen LogP contribution in [-0.2, 0) is 0 Å². The van der Waals surface area contributed by atoms with E-state index in [0.29, 0.717) is 0 Å². The topological polar surface area (TPSA) is 24.5 Å². The fourth-order valence-electron chi connectivity index (χ4n) is 2.06. The highest BCUT2D eigenvalue weighted by Gasteiger charge is 2.11. The Labute approximate surface area is 103 Å². The largest absolute Gasteiger partial charge is 0.497 e. The Morgan fingerprint density at radius 2 is 1.94 bits per heavy atom. The van der Waals surface area contributed by atoms with Crippen LogP contribution < -0.4 is 10.1 Å². The predicted molar refractivity (Wildman–Crippen MR) is 71.3 cm³/mol. The van der Waals surface area contributed by atoms with Crippen molar-refractivity contribution in [2.24, 2.45) is 0 Å². The van der Waals surface area contributed by atoms with Crippen molar-refractivity contribution >= 4 is 5.57 Å². The first kappa shape index (κ1) is 12.1. The quantitative estimate of drug-likeness (QED) is 0.853. The second-order valence-electron chi connectivity index (χ2n) is 4.36. The average molecular weight is 232 g/mol. The molecule has 0 saturated carbocycles. The lowest BCUT2D eigenvalue weighted by Gasteiger charge is -2.27. The van der Waals surface area contributed by atoms with E-state index in [1.807, 2.05) is 12.1 Å². The number of piperazine rings is 1. The zero-order valence-electron chi connectivity index (χ0n) is 10.4. The van der Waals surface area contributed by atoms with E-state index in [4.69, 9.17) is 4.74 Å². The summed E-state index contributed by atoms with van der Waals surface area (Å²) >= 11 is 0. The molecular weight excluding hydrogens is 212 g/mol. The second kappa shape index (κ2) is 5.84. The van der Waals surface area contributed by atoms with Gasteiger partial charge in [0.15, 0.2) is 0 Å². The summed E-state index contributed by atoms with van der Waals surface area (Å²) in [6.07, 6.45) is 0. The molecule has 3 nitrogen and oxygen atoms in total. The molecule has 0 atom stereocenters. The molecule has 0 aromatic heterocycles. The van der Waals surface area contributed by atoms with Crippen molar-refractivity contribution in [1.82, 2.24) is 10.2 Å². The molecule has 1 N–H and O–H groups in total. The third kappa shape index (κ3) is 3.32. The van der Waals surface area contributed by atoms with Crippen LogP contribution in [0.25, 0.3) is 5.57 Å². The molecule has 1 heterocycles. The van der Waals surface area contributed by atoms with E-state index in [9.17, 15) is 0 Å². The van der Waals surface area contributed by atoms with Gasteiger partial charge in [-0.05, 0) is 23.3 Å². The number of hydrogen-bond acceptors (Lipinski definition) is 3. The van der Waals surface area contributed by atoms with E-state index in [1.165, 1.54) is 11.1 Å². The highest BCUT2D eigenvalue weighted by atomic mass is 16.5. The van der Waals surface area contributed by atoms with Gasteiger partial charge in [0.1, 0.15) is 5.75 Å². The summed E-state index contributed by atoms with van der Waals surface area (Å²) in [6, 6.07) is 8.11. The van der Waals surface area contributed by atoms with E-state index in [1.54, 1.807) is 7.11 Å². The number of rotatable bonds is 4. The van der Waals surface area contributed by atoms with Crippen LogP contribution in [0.2, 0.25) is 0 Å². The van der Waals surface area contributed by atoms with Gasteiger partial charge in [0.05, 0.1) is 7.11 Å². The normalized spacial score (nSPS) is 16.8. The van der Waals surface area contributed by atoms with Crippen LogP contribution in [0.1, 0.15) is 5.56 Å². The van der Waals surface area contributed by atoms with Gasteiger partial charge in [-0.1, -0.05) is 18.7 Å². The Balaban J connectivity index is 1.93. The summed E-state index contributed by atoms with van der Waals surface area (Å²) in [5.74, 6) is 0.892. The first-order valence-corrected chi connectivity index (χ1v) is 6.05. The van der Waals surface area contributed by atoms with Crippen LogP contribution in [-0.4, -0.2) is 44.7 Å². The summed E-state index contributed by atoms with van der Waals surface area (Å²) in [6.45, 7) is 9.50. The minimum Gasteiger partial charge on any atom is -0.497 e. The molecule has 1 aliphatic heterocycles. The van der Waals surface area contributed by atoms with E-state index in [0.717, 1.165) is 38.5 Å². The third-order valence-electron chi connectivity index (χ3n) is 3.12. The Bertz CT molecular complexity index is 366. The molecule has 1 aromatic carbocycles. The SMILES string of the molecule is C=C(CN1CCNCC1)c1ccc(OC)cc1. The molecule has 92 valence electrons. The van der Waals surface area contributed by atoms with Crippen LogP contribution >= 0.6 is 0 Å². The van der Waals surface area contributed by atoms with Crippen molar-refractivity contribution in [1.29, 1.82) is 0 Å². The fraction of sp³-hybridized carbons (Fsp3) is 0.429. The zero-order valence-corrected chi connectivity index (χ0v) is 10.4. The smallest absolute Gasteiger partial charge is 0.118 e. The van der Waals surface area contributed by atoms with Gasteiger partial charge < -0.3 is 10.1 Å². The first-order valence-electron chi connectivity index (χ1n) is 6.05. The van der Waals surface area contributed by atoms with E-state index < -0.39 is 0 Å². The molecule has 0 spiro atoms. The minimum atomic E-state index is 0.892. The molecule has 1 fully saturated rings. The molecule has 1 aliphatic rings. The summed E-state index contributed by atoms with van der Waals surface area (Å²) in [4.78, 5) is 2.43. The second-order valence-corrected chi connectivity index (χ2v) is 4.36. The maximum Gasteiger partial charge on any atom is 0.118 e. The molecule has 0 unspecified atom stereocenters. The van der Waals surface area contributed by atoms with Crippen LogP contribution in [0.5, 0.6) is 5.75 Å². The lowest BCUT2D eigenvalue weighted by atomic mass is 10.1. The maximum absolute atomic E-state index is 5.15. The summed E-state index contributed by atoms with van der Waals surface area (Å²) in [5, 5.41) is 3.35. The van der Waals surface area contributed by atoms with Crippen LogP contribution in [0.4, 0.5) is 0 Å². The van der Waals surface area contributed by atoms with Crippen molar-refractivity contribution in [3.63, 3.8) is 0 Å². The zero-order chi connectivity index (χ0) is 12.1. The maximum atomic E-state index is 5.15. The summed E-state index contributed by atoms with van der Waals surface area (Å²) in [5.41, 5.74) is 2.37. The number of hydrogen-bond donors (Lipinski definition) is 1. The number of nitrogens with one attached hydrogen (secondary N) is 1. The third-order valence-corrected chi connectivity index (χ3v) is 3.12. The molecule has 0 amide bonds. The lowest BCUT2D eigenvalue weighted by Crippen LogP contribution is -2.43. The molecule has 1 saturated heterocycles. The highest BCUT2D eigenvalue weighted by molar-refractivity contribution is 5.65. The molecule has 1 aromatic rings. The lowest BCUT2D eigenvalue weighted by molar-refractivity contribution is 0.268. The molecule has 2 rings (SSSR count). The van der Waals surface area contributed by atoms with Gasteiger partial charge in [-0.15, -0.1) is 0 Å². The highest BCUT2D eigenvalue weighted by Crippen LogP contribution is 2.18. The number of ether oxygens (including phenoxy) is 1. The van der Waals surface area contributed by atoms with Crippen molar-refractivity contribution in [3.05, 3.63) is 36.4 Å².